The van der Waals surface area contributed by atoms with Crippen LogP contribution in [-0.4, -0.2) is 92.5 Å². The van der Waals surface area contributed by atoms with Crippen molar-refractivity contribution in [1.82, 2.24) is 9.80 Å². The van der Waals surface area contributed by atoms with Crippen LogP contribution < -0.4 is 5.73 Å². The van der Waals surface area contributed by atoms with Gasteiger partial charge < -0.3 is 29.6 Å². The normalized spacial score (nSPS) is 17.5. The van der Waals surface area contributed by atoms with E-state index in [2.05, 4.69) is 0 Å². The highest BCUT2D eigenvalue weighted by molar-refractivity contribution is 6.06. The Kier molecular flexibility index (Phi) is 12.8. The lowest BCUT2D eigenvalue weighted by molar-refractivity contribution is -0.153. The van der Waals surface area contributed by atoms with Crippen molar-refractivity contribution in [2.75, 3.05) is 58.5 Å². The molecule has 0 aliphatic carbocycles. The molecule has 10 heteroatoms. The quantitative estimate of drug-likeness (QED) is 0.231. The molecule has 1 unspecified atom stereocenters. The zero-order valence-electron chi connectivity index (χ0n) is 22.0. The van der Waals surface area contributed by atoms with Crippen LogP contribution in [0, 0.1) is 0 Å². The summed E-state index contributed by atoms with van der Waals surface area (Å²) >= 11 is 0. The van der Waals surface area contributed by atoms with Crippen LogP contribution >= 0.6 is 0 Å². The number of benzene rings is 1. The minimum absolute atomic E-state index is 0.143. The number of carbonyl (C=O) groups is 3. The Labute approximate surface area is 214 Å². The first-order chi connectivity index (χ1) is 17.4. The Bertz CT molecular complexity index is 862. The number of fused-ring (bicyclic) bond motifs is 1. The Morgan fingerprint density at radius 1 is 0.944 bits per heavy atom. The van der Waals surface area contributed by atoms with Crippen molar-refractivity contribution in [3.8, 4) is 0 Å². The molecule has 1 atom stereocenters. The lowest BCUT2D eigenvalue weighted by atomic mass is 10.0. The van der Waals surface area contributed by atoms with E-state index in [4.69, 9.17) is 24.7 Å². The Morgan fingerprint density at radius 3 is 2.17 bits per heavy atom. The van der Waals surface area contributed by atoms with E-state index in [1.165, 1.54) is 9.80 Å². The van der Waals surface area contributed by atoms with Gasteiger partial charge in [-0.3, -0.25) is 19.3 Å². The summed E-state index contributed by atoms with van der Waals surface area (Å²) in [5.41, 5.74) is 7.80. The number of ether oxygens (including phenoxy) is 4. The standard InChI is InChI=1S/C24H35N3O7.C2H6/c1-17(2)34-15-14-33-13-12-32-11-10-31-9-8-26-22(28)7-6-21(24(26)30)27-16-19-18(23(27)29)4-3-5-20(19)25;1-2/h3-5,17,21H,6-16,25H2,1-2H3;1-2H3. The smallest absolute Gasteiger partial charge is 0.255 e. The molecule has 1 fully saturated rings. The molecule has 2 aliphatic heterocycles. The first-order valence-corrected chi connectivity index (χ1v) is 12.8. The minimum atomic E-state index is -0.675. The van der Waals surface area contributed by atoms with Gasteiger partial charge in [-0.2, -0.15) is 0 Å². The second kappa shape index (κ2) is 15.6. The second-order valence-electron chi connectivity index (χ2n) is 8.50. The second-order valence-corrected chi connectivity index (χ2v) is 8.50. The summed E-state index contributed by atoms with van der Waals surface area (Å²) in [4.78, 5) is 40.9. The van der Waals surface area contributed by atoms with Crippen LogP contribution in [0.15, 0.2) is 18.2 Å². The number of hydrogen-bond acceptors (Lipinski definition) is 8. The van der Waals surface area contributed by atoms with E-state index in [1.807, 2.05) is 27.7 Å². The van der Waals surface area contributed by atoms with E-state index in [0.717, 1.165) is 5.56 Å². The third-order valence-electron chi connectivity index (χ3n) is 5.77. The van der Waals surface area contributed by atoms with Crippen molar-refractivity contribution >= 4 is 23.4 Å². The number of rotatable bonds is 14. The van der Waals surface area contributed by atoms with Gasteiger partial charge in [0, 0.05) is 29.8 Å². The molecule has 3 amide bonds. The van der Waals surface area contributed by atoms with Crippen molar-refractivity contribution in [2.24, 2.45) is 0 Å². The number of carbonyl (C=O) groups excluding carboxylic acids is 3. The molecular formula is C26H41N3O7. The number of nitrogens with zero attached hydrogens (tertiary/aromatic N) is 2. The zero-order valence-corrected chi connectivity index (χ0v) is 22.0. The summed E-state index contributed by atoms with van der Waals surface area (Å²) in [6.07, 6.45) is 0.712. The molecule has 2 aliphatic rings. The third kappa shape index (κ3) is 8.26. The largest absolute Gasteiger partial charge is 0.398 e. The molecule has 202 valence electrons. The predicted molar refractivity (Wildman–Crippen MR) is 135 cm³/mol. The number of imide groups is 1. The van der Waals surface area contributed by atoms with Crippen LogP contribution in [0.1, 0.15) is 56.5 Å². The van der Waals surface area contributed by atoms with E-state index in [-0.39, 0.29) is 49.9 Å². The Balaban J connectivity index is 0.00000222. The molecule has 3 rings (SSSR count). The first kappa shape index (κ1) is 29.7. The molecule has 1 aromatic rings. The van der Waals surface area contributed by atoms with Crippen LogP contribution in [0.2, 0.25) is 0 Å². The number of amides is 3. The van der Waals surface area contributed by atoms with Gasteiger partial charge in [0.1, 0.15) is 6.04 Å². The topological polar surface area (TPSA) is 121 Å². The van der Waals surface area contributed by atoms with Crippen molar-refractivity contribution in [1.29, 1.82) is 0 Å². The number of nitrogens with two attached hydrogens (primary N) is 1. The molecule has 0 radical (unpaired) electrons. The van der Waals surface area contributed by atoms with Crippen molar-refractivity contribution in [3.63, 3.8) is 0 Å². The van der Waals surface area contributed by atoms with E-state index in [1.54, 1.807) is 18.2 Å². The van der Waals surface area contributed by atoms with Crippen molar-refractivity contribution < 1.29 is 33.3 Å². The van der Waals surface area contributed by atoms with Gasteiger partial charge in [-0.15, -0.1) is 0 Å². The fourth-order valence-corrected chi connectivity index (χ4v) is 4.02. The number of hydrogen-bond donors (Lipinski definition) is 1. The number of nitrogen functional groups attached to an aromatic ring is 1. The van der Waals surface area contributed by atoms with Gasteiger partial charge >= 0.3 is 0 Å². The molecule has 0 spiro atoms. The minimum Gasteiger partial charge on any atom is -0.398 e. The Morgan fingerprint density at radius 2 is 1.56 bits per heavy atom. The summed E-state index contributed by atoms with van der Waals surface area (Å²) in [5, 5.41) is 0. The maximum absolute atomic E-state index is 13.0. The van der Waals surface area contributed by atoms with E-state index >= 15 is 0 Å². The van der Waals surface area contributed by atoms with E-state index in [0.29, 0.717) is 57.3 Å². The SMILES string of the molecule is CC.CC(C)OCCOCCOCCOCCN1C(=O)CCC(N2Cc3c(N)cccc3C2=O)C1=O. The fraction of sp³-hybridized carbons (Fsp3) is 0.654. The average molecular weight is 508 g/mol. The lowest BCUT2D eigenvalue weighted by Gasteiger charge is -2.35. The summed E-state index contributed by atoms with van der Waals surface area (Å²) < 4.78 is 21.7. The fourth-order valence-electron chi connectivity index (χ4n) is 4.02. The highest BCUT2D eigenvalue weighted by Gasteiger charge is 2.42. The molecule has 36 heavy (non-hydrogen) atoms. The van der Waals surface area contributed by atoms with Gasteiger partial charge in [-0.25, -0.2) is 0 Å². The van der Waals surface area contributed by atoms with Gasteiger partial charge in [0.05, 0.1) is 58.9 Å². The molecule has 0 bridgehead atoms. The Hall–Kier alpha value is -2.53. The van der Waals surface area contributed by atoms with E-state index < -0.39 is 6.04 Å². The van der Waals surface area contributed by atoms with Gasteiger partial charge in [0.25, 0.3) is 11.8 Å². The van der Waals surface area contributed by atoms with Crippen LogP contribution in [0.5, 0.6) is 0 Å². The van der Waals surface area contributed by atoms with Crippen LogP contribution in [-0.2, 0) is 35.1 Å². The predicted octanol–water partition coefficient (Wildman–Crippen LogP) is 2.24. The van der Waals surface area contributed by atoms with Gasteiger partial charge in [-0.1, -0.05) is 19.9 Å². The summed E-state index contributed by atoms with van der Waals surface area (Å²) in [5.74, 6) is -0.836. The average Bonchev–Trinajstić information content (AvgIpc) is 3.20. The monoisotopic (exact) mass is 507 g/mol. The molecular weight excluding hydrogens is 466 g/mol. The zero-order chi connectivity index (χ0) is 26.5. The van der Waals surface area contributed by atoms with Crippen molar-refractivity contribution in [3.05, 3.63) is 29.3 Å². The summed E-state index contributed by atoms with van der Waals surface area (Å²) in [7, 11) is 0. The van der Waals surface area contributed by atoms with E-state index in [9.17, 15) is 14.4 Å². The van der Waals surface area contributed by atoms with Crippen LogP contribution in [0.4, 0.5) is 5.69 Å². The highest BCUT2D eigenvalue weighted by atomic mass is 16.6. The summed E-state index contributed by atoms with van der Waals surface area (Å²) in [6.45, 7) is 11.3. The molecule has 1 saturated heterocycles. The van der Waals surface area contributed by atoms with Crippen LogP contribution in [0.3, 0.4) is 0 Å². The lowest BCUT2D eigenvalue weighted by Crippen LogP contribution is -2.55. The van der Waals surface area contributed by atoms with Gasteiger partial charge in [0.15, 0.2) is 0 Å². The summed E-state index contributed by atoms with van der Waals surface area (Å²) in [6, 6.07) is 4.51. The highest BCUT2D eigenvalue weighted by Crippen LogP contribution is 2.31. The molecule has 10 nitrogen and oxygen atoms in total. The number of likely N-dealkylation sites (tertiary alicyclic amines) is 1. The molecule has 2 N–H and O–H groups in total. The third-order valence-corrected chi connectivity index (χ3v) is 5.77. The molecule has 0 saturated carbocycles. The number of anilines is 1. The maximum atomic E-state index is 13.0. The first-order valence-electron chi connectivity index (χ1n) is 12.8. The number of piperidine rings is 1. The molecule has 2 heterocycles. The van der Waals surface area contributed by atoms with Crippen LogP contribution in [0.25, 0.3) is 0 Å². The van der Waals surface area contributed by atoms with Gasteiger partial charge in [-0.05, 0) is 32.4 Å². The van der Waals surface area contributed by atoms with Crippen molar-refractivity contribution in [2.45, 2.75) is 59.2 Å². The molecule has 0 aromatic heterocycles. The maximum Gasteiger partial charge on any atom is 0.255 e. The van der Waals surface area contributed by atoms with Gasteiger partial charge in [0.2, 0.25) is 5.91 Å². The molecule has 1 aromatic carbocycles.